The van der Waals surface area contributed by atoms with Crippen molar-refractivity contribution < 1.29 is 14.1 Å². The second kappa shape index (κ2) is 7.10. The van der Waals surface area contributed by atoms with Gasteiger partial charge in [-0.15, -0.1) is 5.10 Å². The van der Waals surface area contributed by atoms with Crippen molar-refractivity contribution in [1.82, 2.24) is 30.0 Å². The summed E-state index contributed by atoms with van der Waals surface area (Å²) in [7, 11) is 4.01. The van der Waals surface area contributed by atoms with E-state index in [4.69, 9.17) is 9.26 Å². The van der Waals surface area contributed by atoms with Crippen molar-refractivity contribution >= 4 is 5.91 Å². The first-order chi connectivity index (χ1) is 11.5. The molecule has 24 heavy (non-hydrogen) atoms. The summed E-state index contributed by atoms with van der Waals surface area (Å²) in [6.45, 7) is 3.33. The fourth-order valence-electron chi connectivity index (χ4n) is 2.95. The van der Waals surface area contributed by atoms with Crippen LogP contribution in [0.1, 0.15) is 17.5 Å². The molecule has 0 saturated carbocycles. The van der Waals surface area contributed by atoms with Gasteiger partial charge in [-0.3, -0.25) is 4.79 Å². The SMILES string of the molecule is Cc1cc(COCC(=O)N2C[C@@H](N(C)C)[C@@H](n3ccnn3)C2)on1. The summed E-state index contributed by atoms with van der Waals surface area (Å²) in [4.78, 5) is 16.3. The van der Waals surface area contributed by atoms with Crippen molar-refractivity contribution in [2.45, 2.75) is 25.6 Å². The molecule has 1 amide bonds. The number of aryl methyl sites for hydroxylation is 1. The molecule has 130 valence electrons. The van der Waals surface area contributed by atoms with Gasteiger partial charge in [-0.2, -0.15) is 0 Å². The Bertz CT molecular complexity index is 669. The van der Waals surface area contributed by atoms with Crippen LogP contribution in [0, 0.1) is 6.92 Å². The highest BCUT2D eigenvalue weighted by Gasteiger charge is 2.38. The Kier molecular flexibility index (Phi) is 4.91. The number of likely N-dealkylation sites (tertiary alicyclic amines) is 1. The van der Waals surface area contributed by atoms with Crippen molar-refractivity contribution in [2.75, 3.05) is 33.8 Å². The lowest BCUT2D eigenvalue weighted by molar-refractivity contribution is -0.135. The van der Waals surface area contributed by atoms with Crippen LogP contribution in [0.4, 0.5) is 0 Å². The summed E-state index contributed by atoms with van der Waals surface area (Å²) in [6.07, 6.45) is 3.48. The Labute approximate surface area is 140 Å². The molecule has 9 heteroatoms. The van der Waals surface area contributed by atoms with Gasteiger partial charge in [-0.1, -0.05) is 10.4 Å². The molecular formula is C15H22N6O3. The highest BCUT2D eigenvalue weighted by atomic mass is 16.5. The Morgan fingerprint density at radius 3 is 2.92 bits per heavy atom. The molecule has 3 heterocycles. The maximum absolute atomic E-state index is 12.4. The number of amides is 1. The first kappa shape index (κ1) is 16.6. The normalized spacial score (nSPS) is 20.9. The minimum atomic E-state index is -0.0410. The summed E-state index contributed by atoms with van der Waals surface area (Å²) in [5, 5.41) is 11.7. The van der Waals surface area contributed by atoms with Gasteiger partial charge < -0.3 is 19.1 Å². The van der Waals surface area contributed by atoms with Crippen LogP contribution in [0.15, 0.2) is 23.0 Å². The lowest BCUT2D eigenvalue weighted by Gasteiger charge is -2.24. The number of carbonyl (C=O) groups excluding carboxylic acids is 1. The third-order valence-corrected chi connectivity index (χ3v) is 4.20. The number of nitrogens with zero attached hydrogens (tertiary/aromatic N) is 6. The molecule has 0 N–H and O–H groups in total. The number of ether oxygens (including phenoxy) is 1. The fraction of sp³-hybridized carbons (Fsp3) is 0.600. The molecule has 0 bridgehead atoms. The van der Waals surface area contributed by atoms with Crippen LogP contribution in [0.3, 0.4) is 0 Å². The van der Waals surface area contributed by atoms with E-state index in [9.17, 15) is 4.79 Å². The Morgan fingerprint density at radius 2 is 2.29 bits per heavy atom. The molecule has 0 spiro atoms. The monoisotopic (exact) mass is 334 g/mol. The number of aromatic nitrogens is 4. The summed E-state index contributed by atoms with van der Waals surface area (Å²) in [5.41, 5.74) is 0.795. The van der Waals surface area contributed by atoms with E-state index in [0.29, 0.717) is 18.8 Å². The molecule has 2 aromatic rings. The molecular weight excluding hydrogens is 312 g/mol. The lowest BCUT2D eigenvalue weighted by atomic mass is 10.1. The molecule has 1 aliphatic rings. The van der Waals surface area contributed by atoms with E-state index in [-0.39, 0.29) is 31.2 Å². The third kappa shape index (κ3) is 3.62. The zero-order chi connectivity index (χ0) is 17.1. The molecule has 9 nitrogen and oxygen atoms in total. The van der Waals surface area contributed by atoms with Crippen LogP contribution < -0.4 is 0 Å². The first-order valence-corrected chi connectivity index (χ1v) is 7.84. The molecule has 0 aromatic carbocycles. The van der Waals surface area contributed by atoms with E-state index in [1.165, 1.54) is 0 Å². The van der Waals surface area contributed by atoms with Gasteiger partial charge in [0.2, 0.25) is 5.91 Å². The van der Waals surface area contributed by atoms with Gasteiger partial charge in [0.15, 0.2) is 5.76 Å². The van der Waals surface area contributed by atoms with E-state index in [0.717, 1.165) is 5.69 Å². The van der Waals surface area contributed by atoms with Gasteiger partial charge in [0.25, 0.3) is 0 Å². The predicted molar refractivity (Wildman–Crippen MR) is 84.0 cm³/mol. The summed E-state index contributed by atoms with van der Waals surface area (Å²) in [6, 6.07) is 2.07. The van der Waals surface area contributed by atoms with E-state index in [2.05, 4.69) is 20.4 Å². The number of hydrogen-bond donors (Lipinski definition) is 0. The summed E-state index contributed by atoms with van der Waals surface area (Å²) >= 11 is 0. The fourth-order valence-corrected chi connectivity index (χ4v) is 2.95. The van der Waals surface area contributed by atoms with Crippen LogP contribution in [-0.4, -0.2) is 75.7 Å². The maximum Gasteiger partial charge on any atom is 0.248 e. The van der Waals surface area contributed by atoms with Crippen LogP contribution in [0.2, 0.25) is 0 Å². The smallest absolute Gasteiger partial charge is 0.248 e. The molecule has 2 aromatic heterocycles. The van der Waals surface area contributed by atoms with Gasteiger partial charge in [-0.25, -0.2) is 4.68 Å². The van der Waals surface area contributed by atoms with E-state index in [1.54, 1.807) is 12.3 Å². The van der Waals surface area contributed by atoms with Crippen LogP contribution in [0.5, 0.6) is 0 Å². The van der Waals surface area contributed by atoms with Crippen LogP contribution in [0.25, 0.3) is 0 Å². The van der Waals surface area contributed by atoms with E-state index in [1.807, 2.05) is 36.8 Å². The van der Waals surface area contributed by atoms with Crippen molar-refractivity contribution in [3.05, 3.63) is 29.9 Å². The second-order valence-electron chi connectivity index (χ2n) is 6.21. The predicted octanol–water partition coefficient (Wildman–Crippen LogP) is 0.105. The van der Waals surface area contributed by atoms with Crippen LogP contribution in [-0.2, 0) is 16.1 Å². The van der Waals surface area contributed by atoms with Gasteiger partial charge in [-0.05, 0) is 21.0 Å². The summed E-state index contributed by atoms with van der Waals surface area (Å²) in [5.74, 6) is 0.578. The molecule has 0 aliphatic carbocycles. The molecule has 3 rings (SSSR count). The zero-order valence-corrected chi connectivity index (χ0v) is 14.1. The van der Waals surface area contributed by atoms with Crippen LogP contribution >= 0.6 is 0 Å². The second-order valence-corrected chi connectivity index (χ2v) is 6.21. The van der Waals surface area contributed by atoms with Gasteiger partial charge >= 0.3 is 0 Å². The van der Waals surface area contributed by atoms with Gasteiger partial charge in [0.05, 0.1) is 24.0 Å². The zero-order valence-electron chi connectivity index (χ0n) is 14.1. The minimum absolute atomic E-state index is 0.0178. The van der Waals surface area contributed by atoms with E-state index < -0.39 is 0 Å². The quantitative estimate of drug-likeness (QED) is 0.740. The topological polar surface area (TPSA) is 89.5 Å². The van der Waals surface area contributed by atoms with Crippen molar-refractivity contribution in [1.29, 1.82) is 0 Å². The molecule has 0 unspecified atom stereocenters. The molecule has 1 fully saturated rings. The van der Waals surface area contributed by atoms with Crippen molar-refractivity contribution in [3.8, 4) is 0 Å². The standard InChI is InChI=1S/C15H22N6O3/c1-11-6-12(24-17-11)9-23-10-15(22)20-7-13(19(2)3)14(8-20)21-5-4-16-18-21/h4-6,13-14H,7-10H2,1-3H3/t13-,14+/m1/s1. The third-order valence-electron chi connectivity index (χ3n) is 4.20. The van der Waals surface area contributed by atoms with Gasteiger partial charge in [0, 0.05) is 25.4 Å². The largest absolute Gasteiger partial charge is 0.364 e. The van der Waals surface area contributed by atoms with Gasteiger partial charge in [0.1, 0.15) is 13.2 Å². The molecule has 0 radical (unpaired) electrons. The number of carbonyl (C=O) groups is 1. The minimum Gasteiger partial charge on any atom is -0.364 e. The number of hydrogen-bond acceptors (Lipinski definition) is 7. The average molecular weight is 334 g/mol. The molecule has 1 aliphatic heterocycles. The Balaban J connectivity index is 1.55. The Morgan fingerprint density at radius 1 is 1.46 bits per heavy atom. The lowest BCUT2D eigenvalue weighted by Crippen LogP contribution is -2.37. The molecule has 1 saturated heterocycles. The Hall–Kier alpha value is -2.26. The summed E-state index contributed by atoms with van der Waals surface area (Å²) < 4.78 is 12.3. The average Bonchev–Trinajstić information content (AvgIpc) is 3.26. The highest BCUT2D eigenvalue weighted by Crippen LogP contribution is 2.24. The van der Waals surface area contributed by atoms with E-state index >= 15 is 0 Å². The maximum atomic E-state index is 12.4. The number of rotatable bonds is 6. The number of likely N-dealkylation sites (N-methyl/N-ethyl adjacent to an activating group) is 1. The first-order valence-electron chi connectivity index (χ1n) is 7.84. The van der Waals surface area contributed by atoms with Crippen molar-refractivity contribution in [3.63, 3.8) is 0 Å². The molecule has 2 atom stereocenters. The highest BCUT2D eigenvalue weighted by molar-refractivity contribution is 5.77. The van der Waals surface area contributed by atoms with Crippen molar-refractivity contribution in [2.24, 2.45) is 0 Å².